The molecular weight excluding hydrogens is 494 g/mol. The van der Waals surface area contributed by atoms with Crippen molar-refractivity contribution in [3.05, 3.63) is 39.8 Å². The van der Waals surface area contributed by atoms with E-state index in [9.17, 15) is 22.8 Å². The van der Waals surface area contributed by atoms with Crippen molar-refractivity contribution in [2.45, 2.75) is 61.1 Å². The maximum absolute atomic E-state index is 13.3. The van der Waals surface area contributed by atoms with E-state index in [1.54, 1.807) is 0 Å². The summed E-state index contributed by atoms with van der Waals surface area (Å²) in [6.07, 6.45) is 7.55. The second kappa shape index (κ2) is 11.0. The number of sulfone groups is 1. The molecule has 10 nitrogen and oxygen atoms in total. The molecule has 3 heterocycles. The number of methoxy groups -OCH3 is 1. The summed E-state index contributed by atoms with van der Waals surface area (Å²) in [4.78, 5) is 42.4. The summed E-state index contributed by atoms with van der Waals surface area (Å²) < 4.78 is 37.3. The number of thiazole rings is 1. The van der Waals surface area contributed by atoms with Crippen LogP contribution in [0.3, 0.4) is 0 Å². The van der Waals surface area contributed by atoms with Gasteiger partial charge in [0.15, 0.2) is 15.0 Å². The molecular formula is C23H29N3O7S2. The Bertz CT molecular complexity index is 1230. The summed E-state index contributed by atoms with van der Waals surface area (Å²) >= 11 is 0.972. The molecule has 190 valence electrons. The number of carbonyl (C=O) groups is 2. The van der Waals surface area contributed by atoms with Crippen LogP contribution < -0.4 is 10.9 Å². The highest BCUT2D eigenvalue weighted by atomic mass is 32.2. The number of amides is 1. The van der Waals surface area contributed by atoms with Crippen molar-refractivity contribution in [1.82, 2.24) is 9.55 Å². The quantitative estimate of drug-likeness (QED) is 0.522. The van der Waals surface area contributed by atoms with Gasteiger partial charge in [-0.15, -0.1) is 0 Å². The number of ether oxygens (including phenoxy) is 2. The van der Waals surface area contributed by atoms with Gasteiger partial charge in [0.25, 0.3) is 5.56 Å². The molecule has 1 aliphatic heterocycles. The molecule has 1 aliphatic carbocycles. The van der Waals surface area contributed by atoms with E-state index in [4.69, 9.17) is 4.74 Å². The molecule has 4 rings (SSSR count). The van der Waals surface area contributed by atoms with Gasteiger partial charge in [-0.25, -0.2) is 18.2 Å². The number of esters is 1. The van der Waals surface area contributed by atoms with Crippen LogP contribution in [0, 0.1) is 5.92 Å². The van der Waals surface area contributed by atoms with E-state index in [-0.39, 0.29) is 20.8 Å². The number of nitrogens with zero attached hydrogens (tertiary/aromatic N) is 2. The largest absolute Gasteiger partial charge is 0.465 e. The minimum Gasteiger partial charge on any atom is -0.465 e. The molecule has 1 atom stereocenters. The molecule has 0 bridgehead atoms. The van der Waals surface area contributed by atoms with Crippen molar-refractivity contribution in [2.75, 3.05) is 25.6 Å². The molecule has 0 aromatic carbocycles. The molecule has 0 spiro atoms. The van der Waals surface area contributed by atoms with Crippen LogP contribution in [0.25, 0.3) is 0 Å². The average molecular weight is 524 g/mol. The maximum Gasteiger partial charge on any atom is 0.349 e. The van der Waals surface area contributed by atoms with Crippen molar-refractivity contribution in [3.63, 3.8) is 0 Å². The lowest BCUT2D eigenvalue weighted by molar-refractivity contribution is -0.120. The lowest BCUT2D eigenvalue weighted by atomic mass is 9.92. The van der Waals surface area contributed by atoms with Gasteiger partial charge in [0, 0.05) is 25.5 Å². The highest BCUT2D eigenvalue weighted by molar-refractivity contribution is 7.92. The van der Waals surface area contributed by atoms with E-state index in [0.29, 0.717) is 32.5 Å². The zero-order chi connectivity index (χ0) is 25.0. The number of nitrogens with one attached hydrogen (secondary N) is 1. The lowest BCUT2D eigenvalue weighted by Crippen LogP contribution is -2.35. The van der Waals surface area contributed by atoms with Crippen molar-refractivity contribution in [3.8, 4) is 0 Å². The second-order valence-corrected chi connectivity index (χ2v) is 12.1. The Balaban J connectivity index is 1.60. The Hall–Kier alpha value is -2.57. The van der Waals surface area contributed by atoms with Gasteiger partial charge in [0.05, 0.1) is 23.5 Å². The molecule has 1 saturated carbocycles. The summed E-state index contributed by atoms with van der Waals surface area (Å²) in [5.74, 6) is -0.858. The smallest absolute Gasteiger partial charge is 0.349 e. The van der Waals surface area contributed by atoms with Gasteiger partial charge >= 0.3 is 5.97 Å². The molecule has 2 fully saturated rings. The van der Waals surface area contributed by atoms with Gasteiger partial charge in [-0.05, 0) is 44.1 Å². The van der Waals surface area contributed by atoms with E-state index in [1.807, 2.05) is 0 Å². The molecule has 1 N–H and O–H groups in total. The number of carbonyl (C=O) groups excluding carboxylic acids is 2. The number of anilines is 1. The molecule has 2 aliphatic rings. The average Bonchev–Trinajstić information content (AvgIpc) is 3.56. The monoisotopic (exact) mass is 523 g/mol. The molecule has 1 amide bonds. The van der Waals surface area contributed by atoms with Crippen LogP contribution in [-0.4, -0.2) is 55.4 Å². The predicted octanol–water partition coefficient (Wildman–Crippen LogP) is 2.80. The Labute approximate surface area is 207 Å². The minimum absolute atomic E-state index is 0.00137. The zero-order valence-corrected chi connectivity index (χ0v) is 21.1. The Morgan fingerprint density at radius 3 is 2.63 bits per heavy atom. The Morgan fingerprint density at radius 2 is 1.97 bits per heavy atom. The predicted molar refractivity (Wildman–Crippen MR) is 129 cm³/mol. The van der Waals surface area contributed by atoms with E-state index < -0.39 is 38.6 Å². The van der Waals surface area contributed by atoms with Crippen LogP contribution in [0.5, 0.6) is 0 Å². The lowest BCUT2D eigenvalue weighted by Gasteiger charge is -2.27. The fourth-order valence-corrected chi connectivity index (χ4v) is 7.25. The second-order valence-electron chi connectivity index (χ2n) is 8.88. The van der Waals surface area contributed by atoms with Gasteiger partial charge < -0.3 is 19.4 Å². The molecule has 2 aromatic heterocycles. The van der Waals surface area contributed by atoms with Crippen molar-refractivity contribution in [1.29, 1.82) is 0 Å². The highest BCUT2D eigenvalue weighted by Gasteiger charge is 2.32. The number of aromatic nitrogens is 2. The summed E-state index contributed by atoms with van der Waals surface area (Å²) in [5.41, 5.74) is -0.550. The minimum atomic E-state index is -3.59. The summed E-state index contributed by atoms with van der Waals surface area (Å²) in [5, 5.41) is 2.44. The summed E-state index contributed by atoms with van der Waals surface area (Å²) in [6, 6.07) is 1.66. The molecule has 0 unspecified atom stereocenters. The first-order valence-electron chi connectivity index (χ1n) is 11.7. The van der Waals surface area contributed by atoms with Gasteiger partial charge in [-0.3, -0.25) is 9.59 Å². The molecule has 2 aromatic rings. The Morgan fingerprint density at radius 1 is 1.26 bits per heavy atom. The Kier molecular flexibility index (Phi) is 8.02. The van der Waals surface area contributed by atoms with Gasteiger partial charge in [0.1, 0.15) is 10.9 Å². The third kappa shape index (κ3) is 5.81. The van der Waals surface area contributed by atoms with Crippen LogP contribution in [0.2, 0.25) is 0 Å². The van der Waals surface area contributed by atoms with Gasteiger partial charge in [-0.1, -0.05) is 24.2 Å². The van der Waals surface area contributed by atoms with Gasteiger partial charge in [0.2, 0.25) is 5.91 Å². The summed E-state index contributed by atoms with van der Waals surface area (Å²) in [7, 11) is -2.33. The SMILES string of the molecule is COC(=O)c1cnc(NC(=O)[C@@H](CC2CCOCC2)n2ccc(S(=O)(=O)C3CCCC3)cc2=O)s1. The number of hydrogen-bond acceptors (Lipinski definition) is 9. The fourth-order valence-electron chi connectivity index (χ4n) is 4.66. The summed E-state index contributed by atoms with van der Waals surface area (Å²) in [6.45, 7) is 1.17. The fraction of sp³-hybridized carbons (Fsp3) is 0.565. The van der Waals surface area contributed by atoms with Crippen molar-refractivity contribution in [2.24, 2.45) is 5.92 Å². The van der Waals surface area contributed by atoms with Crippen LogP contribution >= 0.6 is 11.3 Å². The maximum atomic E-state index is 13.3. The molecule has 0 radical (unpaired) electrons. The first kappa shape index (κ1) is 25.5. The number of hydrogen-bond donors (Lipinski definition) is 1. The van der Waals surface area contributed by atoms with E-state index in [2.05, 4.69) is 15.0 Å². The van der Waals surface area contributed by atoms with E-state index >= 15 is 0 Å². The van der Waals surface area contributed by atoms with Crippen LogP contribution in [0.1, 0.15) is 60.7 Å². The third-order valence-corrected chi connectivity index (χ3v) is 9.80. The van der Waals surface area contributed by atoms with E-state index in [1.165, 1.54) is 30.1 Å². The number of rotatable bonds is 8. The van der Waals surface area contributed by atoms with Crippen LogP contribution in [0.4, 0.5) is 5.13 Å². The number of pyridine rings is 1. The third-order valence-electron chi connectivity index (χ3n) is 6.65. The zero-order valence-electron chi connectivity index (χ0n) is 19.5. The molecule has 35 heavy (non-hydrogen) atoms. The first-order chi connectivity index (χ1) is 16.8. The molecule has 1 saturated heterocycles. The molecule has 12 heteroatoms. The van der Waals surface area contributed by atoms with Crippen LogP contribution in [-0.2, 0) is 24.1 Å². The van der Waals surface area contributed by atoms with Crippen molar-refractivity contribution < 1.29 is 27.5 Å². The van der Waals surface area contributed by atoms with Crippen LogP contribution in [0.15, 0.2) is 34.2 Å². The highest BCUT2D eigenvalue weighted by Crippen LogP contribution is 2.30. The topological polar surface area (TPSA) is 134 Å². The standard InChI is InChI=1S/C23H29N3O7S2/c1-32-22(29)19-14-24-23(34-19)25-21(28)18(12-15-7-10-33-11-8-15)26-9-6-17(13-20(26)27)35(30,31)16-4-2-3-5-16/h6,9,13-16,18H,2-5,7-8,10-12H2,1H3,(H,24,25,28)/t18-/m1/s1. The van der Waals surface area contributed by atoms with E-state index in [0.717, 1.165) is 43.1 Å². The first-order valence-corrected chi connectivity index (χ1v) is 14.0. The van der Waals surface area contributed by atoms with Crippen molar-refractivity contribution >= 4 is 38.2 Å². The normalized spacial score (nSPS) is 18.3. The van der Waals surface area contributed by atoms with Gasteiger partial charge in [-0.2, -0.15) is 0 Å².